The van der Waals surface area contributed by atoms with Gasteiger partial charge in [0.1, 0.15) is 19.0 Å². The fourth-order valence-electron chi connectivity index (χ4n) is 2.43. The van der Waals surface area contributed by atoms with Crippen molar-refractivity contribution in [3.63, 3.8) is 0 Å². The van der Waals surface area contributed by atoms with Gasteiger partial charge in [-0.2, -0.15) is 9.97 Å². The molecule has 1 heterocycles. The first-order valence-electron chi connectivity index (χ1n) is 9.96. The largest absolute Gasteiger partial charge is 0.461 e. The Kier molecular flexibility index (Phi) is 15.5. The molecule has 3 N–H and O–H groups in total. The van der Waals surface area contributed by atoms with E-state index in [1.54, 1.807) is 21.1 Å². The van der Waals surface area contributed by atoms with Gasteiger partial charge < -0.3 is 30.0 Å². The quantitative estimate of drug-likeness (QED) is 0.159. The summed E-state index contributed by atoms with van der Waals surface area (Å²) in [6.07, 6.45) is 6.75. The van der Waals surface area contributed by atoms with Crippen molar-refractivity contribution in [3.8, 4) is 6.01 Å². The highest BCUT2D eigenvalue weighted by Gasteiger charge is 2.19. The van der Waals surface area contributed by atoms with Crippen molar-refractivity contribution in [3.05, 3.63) is 36.0 Å². The number of hydrogen-bond donors (Lipinski definition) is 2. The Bertz CT molecular complexity index is 735. The molecule has 0 fully saturated rings. The Balaban J connectivity index is 0.00000282. The molecule has 31 heavy (non-hydrogen) atoms. The van der Waals surface area contributed by atoms with Crippen molar-refractivity contribution in [1.82, 2.24) is 9.97 Å². The van der Waals surface area contributed by atoms with Crippen LogP contribution in [0.1, 0.15) is 27.2 Å². The number of allylic oxidation sites excluding steroid dienone is 4. The third-order valence-corrected chi connectivity index (χ3v) is 3.82. The molecule has 0 saturated heterocycles. The molecule has 0 bridgehead atoms. The number of anilines is 2. The minimum absolute atomic E-state index is 0.150. The van der Waals surface area contributed by atoms with Crippen LogP contribution in [-0.2, 0) is 9.47 Å². The molecule has 0 spiro atoms. The van der Waals surface area contributed by atoms with Crippen molar-refractivity contribution in [2.24, 2.45) is 4.99 Å². The van der Waals surface area contributed by atoms with E-state index in [1.165, 1.54) is 0 Å². The van der Waals surface area contributed by atoms with Crippen LogP contribution in [0, 0.1) is 0 Å². The van der Waals surface area contributed by atoms with Crippen LogP contribution in [0.5, 0.6) is 6.01 Å². The van der Waals surface area contributed by atoms with E-state index in [2.05, 4.69) is 34.3 Å². The number of aliphatic imine (C=N–C) groups is 1. The Morgan fingerprint density at radius 2 is 1.94 bits per heavy atom. The summed E-state index contributed by atoms with van der Waals surface area (Å²) in [6, 6.07) is 0.150. The maximum absolute atomic E-state index is 7.57. The molecular weight excluding hydrogens is 398 g/mol. The number of ether oxygens (including phenoxy) is 3. The van der Waals surface area contributed by atoms with Crippen molar-refractivity contribution < 1.29 is 19.3 Å². The highest BCUT2D eigenvalue weighted by molar-refractivity contribution is 5.75. The number of hydrogen-bond acceptors (Lipinski definition) is 9. The normalized spacial score (nSPS) is 11.4. The minimum atomic E-state index is 0.150. The molecule has 9 nitrogen and oxygen atoms in total. The van der Waals surface area contributed by atoms with Crippen LogP contribution in [0.15, 0.2) is 40.9 Å². The number of aliphatic hydroxyl groups is 1. The van der Waals surface area contributed by atoms with Gasteiger partial charge in [-0.3, -0.25) is 4.99 Å². The highest BCUT2D eigenvalue weighted by Crippen LogP contribution is 2.33. The molecule has 0 amide bonds. The van der Waals surface area contributed by atoms with E-state index in [9.17, 15) is 0 Å². The van der Waals surface area contributed by atoms with Gasteiger partial charge in [-0.15, -0.1) is 6.58 Å². The lowest BCUT2D eigenvalue weighted by Crippen LogP contribution is -2.29. The first kappa shape index (κ1) is 28.2. The van der Waals surface area contributed by atoms with Gasteiger partial charge in [-0.1, -0.05) is 23.8 Å². The highest BCUT2D eigenvalue weighted by atomic mass is 16.5. The summed E-state index contributed by atoms with van der Waals surface area (Å²) in [5, 5.41) is 7.57. The Morgan fingerprint density at radius 3 is 2.45 bits per heavy atom. The molecule has 0 aliphatic heterocycles. The third-order valence-electron chi connectivity index (χ3n) is 3.82. The van der Waals surface area contributed by atoms with Crippen LogP contribution in [0.3, 0.4) is 0 Å². The number of nitrogens with zero attached hydrogens (tertiary/aromatic N) is 4. The number of aliphatic hydroxyl groups excluding tert-OH is 1. The summed E-state index contributed by atoms with van der Waals surface area (Å²) >= 11 is 0. The van der Waals surface area contributed by atoms with Gasteiger partial charge in [-0.05, 0) is 39.5 Å². The number of aromatic nitrogens is 2. The molecule has 174 valence electrons. The fourth-order valence-corrected chi connectivity index (χ4v) is 2.43. The zero-order valence-corrected chi connectivity index (χ0v) is 19.4. The van der Waals surface area contributed by atoms with Crippen LogP contribution >= 0.6 is 0 Å². The Hall–Kier alpha value is -2.75. The van der Waals surface area contributed by atoms with Crippen molar-refractivity contribution in [2.45, 2.75) is 27.2 Å². The molecule has 1 rings (SSSR count). The van der Waals surface area contributed by atoms with Gasteiger partial charge in [0.15, 0.2) is 11.6 Å². The summed E-state index contributed by atoms with van der Waals surface area (Å²) in [6.45, 7) is 15.0. The standard InChI is InChI=1S/C20H31N5O3.C2H6O/c1-7-9-16(12-15(3)8-2)13-25(14-27-6)19-17(22-4)18(21)23-20(24-19)28-11-10-26-5;1-2-3/h7-8,12H,1,4,9-11,13-14H2,2-3,5-6H3,(H2,21,23,24);3H,2H2,1H3/b15-8-,16-12+;. The van der Waals surface area contributed by atoms with Crippen LogP contribution in [-0.4, -0.2) is 69.1 Å². The second-order valence-electron chi connectivity index (χ2n) is 6.32. The summed E-state index contributed by atoms with van der Waals surface area (Å²) in [7, 11) is 3.21. The van der Waals surface area contributed by atoms with E-state index in [-0.39, 0.29) is 25.2 Å². The average molecular weight is 436 g/mol. The molecular formula is C22H37N5O4. The van der Waals surface area contributed by atoms with Crippen molar-refractivity contribution in [1.29, 1.82) is 0 Å². The zero-order chi connectivity index (χ0) is 23.6. The number of nitrogens with two attached hydrogens (primary N) is 1. The molecule has 9 heteroatoms. The van der Waals surface area contributed by atoms with E-state index in [4.69, 9.17) is 25.1 Å². The first-order chi connectivity index (χ1) is 14.9. The van der Waals surface area contributed by atoms with Crippen LogP contribution < -0.4 is 15.4 Å². The molecule has 0 aliphatic carbocycles. The number of nitrogen functional groups attached to an aromatic ring is 1. The lowest BCUT2D eigenvalue weighted by atomic mass is 10.1. The molecule has 1 aromatic heterocycles. The van der Waals surface area contributed by atoms with Gasteiger partial charge in [0.2, 0.25) is 0 Å². The number of rotatable bonds is 13. The molecule has 0 unspecified atom stereocenters. The lowest BCUT2D eigenvalue weighted by Gasteiger charge is -2.26. The van der Waals surface area contributed by atoms with E-state index < -0.39 is 0 Å². The number of methoxy groups -OCH3 is 2. The molecule has 0 aliphatic rings. The second kappa shape index (κ2) is 17.0. The summed E-state index contributed by atoms with van der Waals surface area (Å²) in [4.78, 5) is 14.5. The summed E-state index contributed by atoms with van der Waals surface area (Å²) in [5.41, 5.74) is 8.74. The third kappa shape index (κ3) is 10.7. The van der Waals surface area contributed by atoms with Crippen LogP contribution in [0.25, 0.3) is 0 Å². The predicted octanol–water partition coefficient (Wildman–Crippen LogP) is 3.29. The van der Waals surface area contributed by atoms with E-state index in [0.717, 1.165) is 17.6 Å². The van der Waals surface area contributed by atoms with E-state index in [0.29, 0.717) is 31.3 Å². The Morgan fingerprint density at radius 1 is 1.26 bits per heavy atom. The van der Waals surface area contributed by atoms with Gasteiger partial charge in [0.25, 0.3) is 0 Å². The van der Waals surface area contributed by atoms with E-state index in [1.807, 2.05) is 30.9 Å². The van der Waals surface area contributed by atoms with Crippen LogP contribution in [0.2, 0.25) is 0 Å². The van der Waals surface area contributed by atoms with Crippen LogP contribution in [0.4, 0.5) is 17.3 Å². The maximum Gasteiger partial charge on any atom is 0.320 e. The topological polar surface area (TPSA) is 115 Å². The monoisotopic (exact) mass is 435 g/mol. The molecule has 0 saturated carbocycles. The molecule has 0 atom stereocenters. The SMILES string of the molecule is C=CC/C(=C\C(C)=C/C)CN(COC)c1nc(OCCOC)nc(N)c1N=C.CCO. The maximum atomic E-state index is 7.57. The van der Waals surface area contributed by atoms with Gasteiger partial charge >= 0.3 is 6.01 Å². The van der Waals surface area contributed by atoms with Crippen molar-refractivity contribution >= 4 is 24.0 Å². The summed E-state index contributed by atoms with van der Waals surface area (Å²) < 4.78 is 15.9. The van der Waals surface area contributed by atoms with Gasteiger partial charge in [0.05, 0.1) is 6.61 Å². The lowest BCUT2D eigenvalue weighted by molar-refractivity contribution is 0.141. The van der Waals surface area contributed by atoms with E-state index >= 15 is 0 Å². The van der Waals surface area contributed by atoms with Crippen molar-refractivity contribution in [2.75, 3.05) is 57.9 Å². The average Bonchev–Trinajstić information content (AvgIpc) is 2.74. The second-order valence-corrected chi connectivity index (χ2v) is 6.32. The zero-order valence-electron chi connectivity index (χ0n) is 19.4. The molecule has 0 aromatic carbocycles. The molecule has 1 aromatic rings. The smallest absolute Gasteiger partial charge is 0.320 e. The van der Waals surface area contributed by atoms with Gasteiger partial charge in [0, 0.05) is 27.4 Å². The summed E-state index contributed by atoms with van der Waals surface area (Å²) in [5.74, 6) is 0.678. The fraction of sp³-hybridized carbons (Fsp3) is 0.500. The Labute approximate surface area is 186 Å². The van der Waals surface area contributed by atoms with Gasteiger partial charge in [-0.25, -0.2) is 0 Å². The predicted molar refractivity (Wildman–Crippen MR) is 127 cm³/mol. The first-order valence-corrected chi connectivity index (χ1v) is 9.96. The molecule has 0 radical (unpaired) electrons. The minimum Gasteiger partial charge on any atom is -0.461 e.